The number of rotatable bonds is 23. The normalized spacial score (nSPS) is 18.3. The highest BCUT2D eigenvalue weighted by Gasteiger charge is 2.40. The summed E-state index contributed by atoms with van der Waals surface area (Å²) in [6.07, 6.45) is 8.25. The van der Waals surface area contributed by atoms with E-state index in [4.69, 9.17) is 68.3 Å². The summed E-state index contributed by atoms with van der Waals surface area (Å²) in [5.41, 5.74) is 10.7. The van der Waals surface area contributed by atoms with Crippen molar-refractivity contribution in [1.82, 2.24) is 29.7 Å². The van der Waals surface area contributed by atoms with E-state index in [2.05, 4.69) is 15.0 Å². The number of aromatic amines is 3. The largest absolute Gasteiger partial charge is 0.493 e. The van der Waals surface area contributed by atoms with Crippen LogP contribution in [0.3, 0.4) is 0 Å². The first-order chi connectivity index (χ1) is 50.3. The standard InChI is InChI=1S/C28H33ClN2O5.C27H31ClN2O5.C25H27ClN2O5/c1-28(15-32,16-33)17-36-21-8-5-19(6-9-21)26-25-22(23-13-20(29)7-10-24(23)30-25)11-12-31(26)27(34)35-14-18-3-2-4-18;1-27(14-31,15-32)16-35-20-7-4-18(5-8-20)25-24-21(22-12-19(28)6-9-23(22)29-24)10-11-30(25)26(33)34-13-17-2-3-17;26-17-5-8-22-21(11-17)20-9-10-28(25(31)33-13-15-1-2-15)24(23(20)27-22)16-3-6-19(7-4-16)32-14-18(30)12-29/h5-10,13,18,26,30,32-33H,2-4,11-12,14-17H2,1H3;4-9,12,17,25,29,31-32H,2-3,10-11,13-16H2,1H3;3-8,11,15,18,24,27,29-30H,1-2,9-10,12-14H2/t26-;25-;18-,24+/m001/s1. The molecule has 9 N–H and O–H groups in total. The lowest BCUT2D eigenvalue weighted by Crippen LogP contribution is -2.41. The molecule has 0 spiro atoms. The Labute approximate surface area is 618 Å². The van der Waals surface area contributed by atoms with Gasteiger partial charge in [-0.05, 0) is 200 Å². The lowest BCUT2D eigenvalue weighted by molar-refractivity contribution is 0.0285. The third-order valence-corrected chi connectivity index (χ3v) is 21.6. The second-order valence-electron chi connectivity index (χ2n) is 29.3. The van der Waals surface area contributed by atoms with Crippen molar-refractivity contribution in [3.05, 3.63) is 193 Å². The Kier molecular flexibility index (Phi) is 23.3. The molecule has 3 saturated carbocycles. The number of nitrogens with one attached hydrogen (secondary N) is 3. The zero-order chi connectivity index (χ0) is 72.8. The molecule has 3 fully saturated rings. The fourth-order valence-electron chi connectivity index (χ4n) is 13.7. The molecule has 104 heavy (non-hydrogen) atoms. The van der Waals surface area contributed by atoms with Gasteiger partial charge in [0, 0.05) is 95.3 Å². The molecule has 552 valence electrons. The molecule has 9 aromatic rings. The lowest BCUT2D eigenvalue weighted by Gasteiger charge is -2.36. The van der Waals surface area contributed by atoms with Crippen molar-refractivity contribution in [2.45, 2.75) is 102 Å². The van der Waals surface area contributed by atoms with Crippen LogP contribution in [0.4, 0.5) is 14.4 Å². The van der Waals surface area contributed by atoms with Gasteiger partial charge in [0.25, 0.3) is 0 Å². The number of amides is 3. The van der Waals surface area contributed by atoms with E-state index in [1.807, 2.05) is 120 Å². The van der Waals surface area contributed by atoms with Crippen molar-refractivity contribution in [1.29, 1.82) is 0 Å². The van der Waals surface area contributed by atoms with Crippen LogP contribution in [0.5, 0.6) is 17.2 Å². The Morgan fingerprint density at radius 2 is 0.760 bits per heavy atom. The number of H-pyrrole nitrogens is 3. The number of halogens is 3. The number of fused-ring (bicyclic) bond motifs is 9. The summed E-state index contributed by atoms with van der Waals surface area (Å²) < 4.78 is 34.3. The third-order valence-electron chi connectivity index (χ3n) is 20.9. The summed E-state index contributed by atoms with van der Waals surface area (Å²) in [5.74, 6) is 3.30. The van der Waals surface area contributed by atoms with E-state index in [-0.39, 0.29) is 89.3 Å². The van der Waals surface area contributed by atoms with Gasteiger partial charge in [-0.15, -0.1) is 0 Å². The highest BCUT2D eigenvalue weighted by molar-refractivity contribution is 6.32. The van der Waals surface area contributed by atoms with E-state index in [1.165, 1.54) is 17.5 Å². The summed E-state index contributed by atoms with van der Waals surface area (Å²) >= 11 is 18.8. The molecule has 3 aromatic heterocycles. The first-order valence-corrected chi connectivity index (χ1v) is 37.1. The Bertz CT molecular complexity index is 4450. The zero-order valence-electron chi connectivity index (χ0n) is 58.5. The topological polar surface area (TPSA) is 285 Å². The Balaban J connectivity index is 0.000000139. The highest BCUT2D eigenvalue weighted by atomic mass is 35.5. The van der Waals surface area contributed by atoms with Crippen molar-refractivity contribution in [3.8, 4) is 17.2 Å². The maximum atomic E-state index is 13.2. The van der Waals surface area contributed by atoms with Crippen LogP contribution >= 0.6 is 34.8 Å². The fraction of sp³-hybridized carbons (Fsp3) is 0.438. The van der Waals surface area contributed by atoms with E-state index < -0.39 is 16.9 Å². The highest BCUT2D eigenvalue weighted by Crippen LogP contribution is 2.45. The maximum Gasteiger partial charge on any atom is 0.410 e. The number of carbonyl (C=O) groups is 3. The summed E-state index contributed by atoms with van der Waals surface area (Å²) in [5, 5.41) is 61.8. The Hall–Kier alpha value is -8.22. The summed E-state index contributed by atoms with van der Waals surface area (Å²) in [4.78, 5) is 55.4. The van der Waals surface area contributed by atoms with E-state index >= 15 is 0 Å². The molecule has 6 aliphatic rings. The van der Waals surface area contributed by atoms with Gasteiger partial charge in [0.15, 0.2) is 0 Å². The maximum absolute atomic E-state index is 13.2. The molecule has 0 saturated heterocycles. The zero-order valence-corrected chi connectivity index (χ0v) is 60.7. The molecule has 3 aliphatic heterocycles. The van der Waals surface area contributed by atoms with Crippen LogP contribution in [0.25, 0.3) is 32.7 Å². The van der Waals surface area contributed by atoms with Gasteiger partial charge in [-0.3, -0.25) is 14.7 Å². The number of nitrogens with zero attached hydrogens (tertiary/aromatic N) is 3. The molecular weight excluding hydrogens is 1390 g/mol. The fourth-order valence-corrected chi connectivity index (χ4v) is 14.3. The number of ether oxygens (including phenoxy) is 6. The van der Waals surface area contributed by atoms with E-state index in [0.717, 1.165) is 111 Å². The predicted molar refractivity (Wildman–Crippen MR) is 397 cm³/mol. The van der Waals surface area contributed by atoms with Gasteiger partial charge in [-0.25, -0.2) is 14.4 Å². The average Bonchev–Trinajstić information content (AvgIpc) is 1.58. The number of hydrogen-bond acceptors (Lipinski definition) is 15. The van der Waals surface area contributed by atoms with Gasteiger partial charge >= 0.3 is 18.3 Å². The molecule has 0 unspecified atom stereocenters. The third kappa shape index (κ3) is 17.0. The minimum atomic E-state index is -0.930. The van der Waals surface area contributed by atoms with Gasteiger partial charge in [0.2, 0.25) is 0 Å². The second-order valence-corrected chi connectivity index (χ2v) is 30.6. The number of carbonyl (C=O) groups excluding carboxylic acids is 3. The van der Waals surface area contributed by atoms with Crippen LogP contribution in [-0.2, 0) is 33.5 Å². The van der Waals surface area contributed by atoms with Gasteiger partial charge in [-0.1, -0.05) is 91.5 Å². The minimum Gasteiger partial charge on any atom is -0.493 e. The van der Waals surface area contributed by atoms with Crippen molar-refractivity contribution in [3.63, 3.8) is 0 Å². The van der Waals surface area contributed by atoms with E-state index in [0.29, 0.717) is 109 Å². The van der Waals surface area contributed by atoms with Crippen molar-refractivity contribution >= 4 is 85.8 Å². The lowest BCUT2D eigenvalue weighted by atomic mass is 9.86. The van der Waals surface area contributed by atoms with Gasteiger partial charge < -0.3 is 74.0 Å². The van der Waals surface area contributed by atoms with Crippen molar-refractivity contribution < 1.29 is 73.4 Å². The number of hydrogen-bond donors (Lipinski definition) is 9. The molecular formula is C80H91Cl3N6O15. The monoisotopic (exact) mass is 1480 g/mol. The molecule has 15 rings (SSSR count). The van der Waals surface area contributed by atoms with Crippen LogP contribution in [-0.4, -0.2) is 177 Å². The number of aromatic nitrogens is 3. The molecule has 6 aromatic carbocycles. The van der Waals surface area contributed by atoms with Gasteiger partial charge in [-0.2, -0.15) is 0 Å². The Morgan fingerprint density at radius 1 is 0.452 bits per heavy atom. The first-order valence-electron chi connectivity index (χ1n) is 36.0. The predicted octanol–water partition coefficient (Wildman–Crippen LogP) is 13.8. The number of aliphatic hydroxyl groups is 6. The molecule has 3 amide bonds. The van der Waals surface area contributed by atoms with E-state index in [9.17, 15) is 39.9 Å². The summed E-state index contributed by atoms with van der Waals surface area (Å²) in [6.45, 7) is 5.91. The van der Waals surface area contributed by atoms with Crippen LogP contribution in [0.15, 0.2) is 127 Å². The number of aliphatic hydroxyl groups excluding tert-OH is 6. The van der Waals surface area contributed by atoms with Gasteiger partial charge in [0.1, 0.15) is 48.1 Å². The quantitative estimate of drug-likeness (QED) is 0.0269. The number of benzene rings is 6. The summed E-state index contributed by atoms with van der Waals surface area (Å²) in [6, 6.07) is 39.1. The van der Waals surface area contributed by atoms with Crippen LogP contribution in [0, 0.1) is 28.6 Å². The first kappa shape index (κ1) is 74.1. The van der Waals surface area contributed by atoms with E-state index in [1.54, 1.807) is 35.8 Å². The van der Waals surface area contributed by atoms with Crippen molar-refractivity contribution in [2.75, 3.05) is 92.3 Å². The van der Waals surface area contributed by atoms with Crippen LogP contribution in [0.2, 0.25) is 15.1 Å². The molecule has 21 nitrogen and oxygen atoms in total. The smallest absolute Gasteiger partial charge is 0.410 e. The molecule has 24 heteroatoms. The molecule has 0 bridgehead atoms. The SMILES string of the molecule is CC(CO)(CO)COc1ccc([C@H]2c3[nH]c4ccc(Cl)cc4c3CCN2C(=O)OCC2CC2)cc1.CC(CO)(CO)COc1ccc([C@H]2c3[nH]c4ccc(Cl)cc4c3CCN2C(=O)OCC2CCC2)cc1.O=C(OCC1CC1)N1CCc2c([nH]c3ccc(Cl)cc23)[C@@H]1c1ccc(OC[C@H](O)CO)cc1. The molecule has 3 aliphatic carbocycles. The second kappa shape index (κ2) is 32.7. The van der Waals surface area contributed by atoms with Crippen LogP contribution < -0.4 is 14.2 Å². The average molecular weight is 1480 g/mol. The molecule has 4 atom stereocenters. The molecule has 0 radical (unpaired) electrons. The van der Waals surface area contributed by atoms with Gasteiger partial charge in [0.05, 0.1) is 66.1 Å². The van der Waals surface area contributed by atoms with Crippen LogP contribution in [0.1, 0.15) is 127 Å². The summed E-state index contributed by atoms with van der Waals surface area (Å²) in [7, 11) is 0. The van der Waals surface area contributed by atoms with Crippen molar-refractivity contribution in [2.24, 2.45) is 28.6 Å². The molecule has 6 heterocycles. The minimum absolute atomic E-state index is 0.00577. The Morgan fingerprint density at radius 3 is 1.04 bits per heavy atom.